The van der Waals surface area contributed by atoms with Crippen LogP contribution in [0.5, 0.6) is 0 Å². The van der Waals surface area contributed by atoms with Gasteiger partial charge in [0.15, 0.2) is 0 Å². The average Bonchev–Trinajstić information content (AvgIpc) is 2.42. The largest absolute Gasteiger partial charge is 0.383 e. The molecule has 0 saturated heterocycles. The standard InChI is InChI=1S/C14H21ClFNO3S/c1-5-17(11(3)9-20-4)21(18,19)13-6-10(2)14(16)12(7-13)8-15/h6-7,11H,5,8-9H2,1-4H3. The number of hydrogen-bond acceptors (Lipinski definition) is 3. The van der Waals surface area contributed by atoms with Crippen LogP contribution in [0.15, 0.2) is 17.0 Å². The minimum absolute atomic E-state index is 0.0573. The molecule has 0 amide bonds. The van der Waals surface area contributed by atoms with E-state index in [4.69, 9.17) is 16.3 Å². The molecule has 1 atom stereocenters. The van der Waals surface area contributed by atoms with Crippen molar-refractivity contribution in [1.29, 1.82) is 0 Å². The van der Waals surface area contributed by atoms with E-state index < -0.39 is 15.8 Å². The monoisotopic (exact) mass is 337 g/mol. The van der Waals surface area contributed by atoms with E-state index in [2.05, 4.69) is 0 Å². The normalized spacial score (nSPS) is 13.7. The minimum atomic E-state index is -3.72. The Labute approximate surface area is 130 Å². The van der Waals surface area contributed by atoms with Crippen molar-refractivity contribution in [1.82, 2.24) is 4.31 Å². The van der Waals surface area contributed by atoms with Crippen LogP contribution in [-0.2, 0) is 20.6 Å². The van der Waals surface area contributed by atoms with Crippen molar-refractivity contribution >= 4 is 21.6 Å². The highest BCUT2D eigenvalue weighted by molar-refractivity contribution is 7.89. The van der Waals surface area contributed by atoms with Gasteiger partial charge in [-0.25, -0.2) is 12.8 Å². The van der Waals surface area contributed by atoms with Crippen LogP contribution in [0.25, 0.3) is 0 Å². The molecule has 0 saturated carbocycles. The molecule has 0 heterocycles. The lowest BCUT2D eigenvalue weighted by Crippen LogP contribution is -2.40. The molecule has 120 valence electrons. The fourth-order valence-corrected chi connectivity index (χ4v) is 4.19. The molecule has 1 unspecified atom stereocenters. The van der Waals surface area contributed by atoms with Crippen molar-refractivity contribution in [3.05, 3.63) is 29.1 Å². The van der Waals surface area contributed by atoms with Crippen LogP contribution in [0.3, 0.4) is 0 Å². The number of rotatable bonds is 7. The van der Waals surface area contributed by atoms with Gasteiger partial charge in [0.1, 0.15) is 5.82 Å². The zero-order chi connectivity index (χ0) is 16.2. The van der Waals surface area contributed by atoms with Gasteiger partial charge < -0.3 is 4.74 Å². The predicted octanol–water partition coefficient (Wildman–Crippen LogP) is 2.92. The van der Waals surface area contributed by atoms with Crippen molar-refractivity contribution < 1.29 is 17.5 Å². The second-order valence-corrected chi connectivity index (χ2v) is 7.02. The van der Waals surface area contributed by atoms with E-state index >= 15 is 0 Å². The second kappa shape index (κ2) is 7.54. The first-order chi connectivity index (χ1) is 9.79. The van der Waals surface area contributed by atoms with E-state index in [1.807, 2.05) is 0 Å². The van der Waals surface area contributed by atoms with Crippen molar-refractivity contribution in [2.75, 3.05) is 20.3 Å². The number of methoxy groups -OCH3 is 1. The van der Waals surface area contributed by atoms with Gasteiger partial charge in [-0.1, -0.05) is 6.92 Å². The first-order valence-corrected chi connectivity index (χ1v) is 8.62. The number of alkyl halides is 1. The summed E-state index contributed by atoms with van der Waals surface area (Å²) >= 11 is 5.68. The zero-order valence-corrected chi connectivity index (χ0v) is 14.3. The Hall–Kier alpha value is -0.690. The van der Waals surface area contributed by atoms with Crippen LogP contribution in [0.2, 0.25) is 0 Å². The first-order valence-electron chi connectivity index (χ1n) is 6.65. The molecule has 0 fully saturated rings. The van der Waals surface area contributed by atoms with Gasteiger partial charge in [-0.15, -0.1) is 11.6 Å². The van der Waals surface area contributed by atoms with Gasteiger partial charge in [-0.05, 0) is 31.5 Å². The maximum atomic E-state index is 13.8. The van der Waals surface area contributed by atoms with Gasteiger partial charge in [-0.2, -0.15) is 4.31 Å². The average molecular weight is 338 g/mol. The Kier molecular flexibility index (Phi) is 6.59. The van der Waals surface area contributed by atoms with Crippen molar-refractivity contribution in [3.63, 3.8) is 0 Å². The number of likely N-dealkylation sites (N-methyl/N-ethyl adjacent to an activating group) is 1. The number of ether oxygens (including phenoxy) is 1. The molecular weight excluding hydrogens is 317 g/mol. The molecule has 0 aliphatic heterocycles. The van der Waals surface area contributed by atoms with E-state index in [9.17, 15) is 12.8 Å². The Morgan fingerprint density at radius 3 is 2.52 bits per heavy atom. The summed E-state index contributed by atoms with van der Waals surface area (Å²) in [4.78, 5) is 0.0573. The highest BCUT2D eigenvalue weighted by Crippen LogP contribution is 2.24. The van der Waals surface area contributed by atoms with Gasteiger partial charge in [-0.3, -0.25) is 0 Å². The summed E-state index contributed by atoms with van der Waals surface area (Å²) in [6.07, 6.45) is 0. The first kappa shape index (κ1) is 18.4. The minimum Gasteiger partial charge on any atom is -0.383 e. The SMILES string of the molecule is CCN(C(C)COC)S(=O)(=O)c1cc(C)c(F)c(CCl)c1. The Morgan fingerprint density at radius 1 is 1.43 bits per heavy atom. The lowest BCUT2D eigenvalue weighted by Gasteiger charge is -2.27. The molecule has 0 spiro atoms. The molecule has 0 aliphatic carbocycles. The summed E-state index contributed by atoms with van der Waals surface area (Å²) in [6.45, 7) is 5.64. The summed E-state index contributed by atoms with van der Waals surface area (Å²) in [6, 6.07) is 2.32. The molecule has 1 aromatic carbocycles. The Balaban J connectivity index is 3.32. The molecule has 7 heteroatoms. The van der Waals surface area contributed by atoms with Crippen molar-refractivity contribution in [2.24, 2.45) is 0 Å². The topological polar surface area (TPSA) is 46.6 Å². The molecule has 0 aromatic heterocycles. The number of halogens is 2. The quantitative estimate of drug-likeness (QED) is 0.719. The van der Waals surface area contributed by atoms with Gasteiger partial charge in [0.2, 0.25) is 10.0 Å². The van der Waals surface area contributed by atoms with Crippen LogP contribution < -0.4 is 0 Å². The van der Waals surface area contributed by atoms with E-state index in [0.29, 0.717) is 6.54 Å². The van der Waals surface area contributed by atoms with Crippen LogP contribution in [0.4, 0.5) is 4.39 Å². The number of hydrogen-bond donors (Lipinski definition) is 0. The number of nitrogens with zero attached hydrogens (tertiary/aromatic N) is 1. The summed E-state index contributed by atoms with van der Waals surface area (Å²) < 4.78 is 45.6. The highest BCUT2D eigenvalue weighted by atomic mass is 35.5. The van der Waals surface area contributed by atoms with E-state index in [1.54, 1.807) is 13.8 Å². The van der Waals surface area contributed by atoms with Gasteiger partial charge in [0.05, 0.1) is 17.4 Å². The lowest BCUT2D eigenvalue weighted by molar-refractivity contribution is 0.142. The molecule has 0 bridgehead atoms. The molecule has 0 radical (unpaired) electrons. The Bertz CT molecular complexity index is 592. The summed E-state index contributed by atoms with van der Waals surface area (Å²) in [5.74, 6) is -0.535. The van der Waals surface area contributed by atoms with Crippen LogP contribution in [0.1, 0.15) is 25.0 Å². The van der Waals surface area contributed by atoms with Crippen molar-refractivity contribution in [2.45, 2.75) is 37.6 Å². The number of sulfonamides is 1. The van der Waals surface area contributed by atoms with Crippen LogP contribution in [0, 0.1) is 12.7 Å². The third-order valence-corrected chi connectivity index (χ3v) is 5.62. The number of benzene rings is 1. The Morgan fingerprint density at radius 2 is 2.05 bits per heavy atom. The summed E-state index contributed by atoms with van der Waals surface area (Å²) in [7, 11) is -2.20. The third kappa shape index (κ3) is 3.94. The van der Waals surface area contributed by atoms with Gasteiger partial charge in [0, 0.05) is 25.3 Å². The summed E-state index contributed by atoms with van der Waals surface area (Å²) in [5.41, 5.74) is 0.452. The molecular formula is C14H21ClFNO3S. The van der Waals surface area contributed by atoms with Crippen LogP contribution >= 0.6 is 11.6 Å². The molecule has 21 heavy (non-hydrogen) atoms. The summed E-state index contributed by atoms with van der Waals surface area (Å²) in [5, 5.41) is 0. The predicted molar refractivity (Wildman–Crippen MR) is 81.6 cm³/mol. The van der Waals surface area contributed by atoms with Gasteiger partial charge in [0.25, 0.3) is 0 Å². The van der Waals surface area contributed by atoms with E-state index in [-0.39, 0.29) is 34.6 Å². The van der Waals surface area contributed by atoms with Gasteiger partial charge >= 0.3 is 0 Å². The molecule has 1 rings (SSSR count). The second-order valence-electron chi connectivity index (χ2n) is 4.86. The van der Waals surface area contributed by atoms with E-state index in [1.165, 1.54) is 30.5 Å². The fraction of sp³-hybridized carbons (Fsp3) is 0.571. The molecule has 4 nitrogen and oxygen atoms in total. The zero-order valence-electron chi connectivity index (χ0n) is 12.7. The lowest BCUT2D eigenvalue weighted by atomic mass is 10.1. The maximum Gasteiger partial charge on any atom is 0.243 e. The van der Waals surface area contributed by atoms with Crippen LogP contribution in [-0.4, -0.2) is 39.0 Å². The number of aryl methyl sites for hydroxylation is 1. The smallest absolute Gasteiger partial charge is 0.243 e. The molecule has 1 aromatic rings. The third-order valence-electron chi connectivity index (χ3n) is 3.27. The molecule has 0 N–H and O–H groups in total. The van der Waals surface area contributed by atoms with Crippen molar-refractivity contribution in [3.8, 4) is 0 Å². The van der Waals surface area contributed by atoms with E-state index in [0.717, 1.165) is 0 Å². The molecule has 0 aliphatic rings. The maximum absolute atomic E-state index is 13.8. The fourth-order valence-electron chi connectivity index (χ4n) is 2.23. The highest BCUT2D eigenvalue weighted by Gasteiger charge is 2.28.